The molecule has 0 saturated heterocycles. The molecule has 0 saturated carbocycles. The van der Waals surface area contributed by atoms with Crippen LogP contribution in [0.15, 0.2) is 36.7 Å². The lowest BCUT2D eigenvalue weighted by atomic mass is 10.0. The molecule has 1 amide bonds. The number of pyridine rings is 1. The molecule has 2 N–H and O–H groups in total. The van der Waals surface area contributed by atoms with Crippen molar-refractivity contribution in [1.29, 1.82) is 5.26 Å². The molecule has 0 fully saturated rings. The van der Waals surface area contributed by atoms with Crippen LogP contribution in [0.4, 0.5) is 16.2 Å². The lowest BCUT2D eigenvalue weighted by molar-refractivity contribution is 0.0270. The van der Waals surface area contributed by atoms with Crippen molar-refractivity contribution in [3.05, 3.63) is 58.2 Å². The van der Waals surface area contributed by atoms with Gasteiger partial charge in [-0.25, -0.2) is 9.78 Å². The summed E-state index contributed by atoms with van der Waals surface area (Å²) in [6, 6.07) is 8.46. The van der Waals surface area contributed by atoms with Crippen LogP contribution in [0.1, 0.15) is 48.8 Å². The number of hydrogen-bond donors (Lipinski definition) is 2. The normalized spacial score (nSPS) is 14.1. The minimum atomic E-state index is -0.513. The van der Waals surface area contributed by atoms with Crippen molar-refractivity contribution >= 4 is 55.5 Å². The van der Waals surface area contributed by atoms with Crippen molar-refractivity contribution in [2.75, 3.05) is 18.4 Å². The van der Waals surface area contributed by atoms with Crippen LogP contribution >= 0.6 is 11.3 Å². The van der Waals surface area contributed by atoms with Crippen molar-refractivity contribution in [1.82, 2.24) is 14.9 Å². The maximum absolute atomic E-state index is 12.5. The van der Waals surface area contributed by atoms with E-state index < -0.39 is 5.60 Å². The fraction of sp³-hybridized carbons (Fsp3) is 0.321. The van der Waals surface area contributed by atoms with Crippen molar-refractivity contribution in [3.8, 4) is 6.07 Å². The first-order valence-corrected chi connectivity index (χ1v) is 12.8. The highest BCUT2D eigenvalue weighted by molar-refractivity contribution is 7.20. The summed E-state index contributed by atoms with van der Waals surface area (Å²) in [5.41, 5.74) is 6.24. The topological polar surface area (TPSA) is 94.0 Å². The summed E-state index contributed by atoms with van der Waals surface area (Å²) in [5.74, 6) is 0. The average molecular weight is 500 g/mol. The summed E-state index contributed by atoms with van der Waals surface area (Å²) in [7, 11) is 0. The van der Waals surface area contributed by atoms with Crippen LogP contribution in [0.3, 0.4) is 0 Å². The molecule has 0 bridgehead atoms. The van der Waals surface area contributed by atoms with Crippen molar-refractivity contribution in [2.24, 2.45) is 0 Å². The number of ether oxygens (including phenoxy) is 1. The van der Waals surface area contributed by atoms with Crippen molar-refractivity contribution < 1.29 is 9.53 Å². The zero-order chi connectivity index (χ0) is 25.6. The second kappa shape index (κ2) is 8.99. The van der Waals surface area contributed by atoms with Crippen molar-refractivity contribution in [2.45, 2.75) is 46.6 Å². The van der Waals surface area contributed by atoms with E-state index in [0.29, 0.717) is 18.7 Å². The zero-order valence-corrected chi connectivity index (χ0v) is 22.0. The zero-order valence-electron chi connectivity index (χ0n) is 21.2. The number of fused-ring (bicyclic) bond motifs is 2. The van der Waals surface area contributed by atoms with E-state index in [1.807, 2.05) is 39.1 Å². The number of anilines is 2. The first-order chi connectivity index (χ1) is 17.2. The Labute approximate surface area is 214 Å². The predicted molar refractivity (Wildman–Crippen MR) is 146 cm³/mol. The van der Waals surface area contributed by atoms with E-state index in [9.17, 15) is 10.1 Å². The van der Waals surface area contributed by atoms with E-state index in [-0.39, 0.29) is 6.09 Å². The number of aromatic amines is 1. The standard InChI is InChI=1S/C28H29N5O2S/c1-16-20-8-11-30-22(20)7-6-21(16)32-24-19(14-29)15-31-26-23(24)17(2)25(36-26)18-9-12-33(13-10-18)27(34)35-28(3,4)5/h6-9,11,15,30H,10,12-13H2,1-5H3,(H,31,32). The minimum Gasteiger partial charge on any atom is -0.444 e. The van der Waals surface area contributed by atoms with E-state index in [4.69, 9.17) is 4.74 Å². The maximum Gasteiger partial charge on any atom is 0.410 e. The lowest BCUT2D eigenvalue weighted by Gasteiger charge is -2.29. The third-order valence-corrected chi connectivity index (χ3v) is 7.77. The second-order valence-electron chi connectivity index (χ2n) is 10.1. The van der Waals surface area contributed by atoms with Gasteiger partial charge < -0.3 is 19.9 Å². The number of nitrogens with one attached hydrogen (secondary N) is 2. The number of aromatic nitrogens is 2. The number of carbonyl (C=O) groups excluding carboxylic acids is 1. The molecule has 7 nitrogen and oxygen atoms in total. The molecule has 0 radical (unpaired) electrons. The third kappa shape index (κ3) is 4.31. The molecule has 1 aromatic carbocycles. The van der Waals surface area contributed by atoms with Gasteiger partial charge in [0.2, 0.25) is 0 Å². The fourth-order valence-corrected chi connectivity index (χ4v) is 5.88. The first kappa shape index (κ1) is 23.9. The second-order valence-corrected chi connectivity index (χ2v) is 11.1. The SMILES string of the molecule is Cc1c(Nc2c(C#N)cnc3sc(C4=CCN(C(=O)OC(C)(C)C)CC4)c(C)c23)ccc2[nH]ccc12. The Morgan fingerprint density at radius 3 is 2.75 bits per heavy atom. The summed E-state index contributed by atoms with van der Waals surface area (Å²) >= 11 is 1.63. The summed E-state index contributed by atoms with van der Waals surface area (Å²) in [5, 5.41) is 15.6. The molecule has 184 valence electrons. The number of H-pyrrole nitrogens is 1. The Balaban J connectivity index is 1.51. The molecule has 8 heteroatoms. The van der Waals surface area contributed by atoms with Crippen LogP contribution < -0.4 is 5.32 Å². The Hall–Kier alpha value is -3.83. The monoisotopic (exact) mass is 499 g/mol. The number of benzene rings is 1. The fourth-order valence-electron chi connectivity index (χ4n) is 4.65. The summed E-state index contributed by atoms with van der Waals surface area (Å²) in [4.78, 5) is 24.1. The minimum absolute atomic E-state index is 0.285. The molecule has 5 rings (SSSR count). The van der Waals surface area contributed by atoms with Gasteiger partial charge in [0.25, 0.3) is 0 Å². The van der Waals surface area contributed by atoms with Gasteiger partial charge in [0.15, 0.2) is 0 Å². The van der Waals surface area contributed by atoms with E-state index in [1.165, 1.54) is 5.57 Å². The highest BCUT2D eigenvalue weighted by Crippen LogP contribution is 2.42. The number of carbonyl (C=O) groups is 1. The molecule has 0 spiro atoms. The van der Waals surface area contributed by atoms with Crippen LogP contribution in [0.25, 0.3) is 26.7 Å². The van der Waals surface area contributed by atoms with Gasteiger partial charge in [0.1, 0.15) is 16.5 Å². The molecule has 3 aromatic heterocycles. The molecular weight excluding hydrogens is 470 g/mol. The van der Waals surface area contributed by atoms with Gasteiger partial charge in [-0.15, -0.1) is 11.3 Å². The lowest BCUT2D eigenvalue weighted by Crippen LogP contribution is -2.39. The van der Waals surface area contributed by atoms with Gasteiger partial charge in [0, 0.05) is 52.3 Å². The molecule has 4 aromatic rings. The molecule has 1 aliphatic heterocycles. The molecular formula is C28H29N5O2S. The van der Waals surface area contributed by atoms with Crippen LogP contribution in [0.2, 0.25) is 0 Å². The largest absolute Gasteiger partial charge is 0.444 e. The van der Waals surface area contributed by atoms with Gasteiger partial charge in [0.05, 0.1) is 11.3 Å². The van der Waals surface area contributed by atoms with Gasteiger partial charge in [-0.1, -0.05) is 6.08 Å². The molecule has 4 heterocycles. The van der Waals surface area contributed by atoms with Crippen LogP contribution in [0.5, 0.6) is 0 Å². The Morgan fingerprint density at radius 2 is 2.06 bits per heavy atom. The first-order valence-electron chi connectivity index (χ1n) is 12.0. The summed E-state index contributed by atoms with van der Waals surface area (Å²) in [6.07, 6.45) is 6.14. The highest BCUT2D eigenvalue weighted by Gasteiger charge is 2.26. The van der Waals surface area contributed by atoms with E-state index in [2.05, 4.69) is 47.3 Å². The summed E-state index contributed by atoms with van der Waals surface area (Å²) < 4.78 is 5.53. The number of nitrogens with zero attached hydrogens (tertiary/aromatic N) is 3. The highest BCUT2D eigenvalue weighted by atomic mass is 32.1. The predicted octanol–water partition coefficient (Wildman–Crippen LogP) is 7.03. The number of hydrogen-bond acceptors (Lipinski definition) is 6. The maximum atomic E-state index is 12.5. The summed E-state index contributed by atoms with van der Waals surface area (Å²) in [6.45, 7) is 10.9. The number of thiophene rings is 1. The molecule has 0 atom stereocenters. The number of rotatable bonds is 3. The molecule has 0 aliphatic carbocycles. The van der Waals surface area contributed by atoms with Crippen LogP contribution in [-0.4, -0.2) is 39.7 Å². The molecule has 36 heavy (non-hydrogen) atoms. The number of nitriles is 1. The quantitative estimate of drug-likeness (QED) is 0.315. The van der Waals surface area contributed by atoms with Gasteiger partial charge in [-0.3, -0.25) is 0 Å². The number of amides is 1. The Kier molecular flexibility index (Phi) is 5.97. The molecule has 1 aliphatic rings. The Bertz CT molecular complexity index is 1560. The van der Waals surface area contributed by atoms with Crippen molar-refractivity contribution in [3.63, 3.8) is 0 Å². The van der Waals surface area contributed by atoms with Crippen LogP contribution in [-0.2, 0) is 4.74 Å². The van der Waals surface area contributed by atoms with E-state index in [0.717, 1.165) is 54.9 Å². The average Bonchev–Trinajstić information content (AvgIpc) is 3.45. The van der Waals surface area contributed by atoms with Gasteiger partial charge >= 0.3 is 6.09 Å². The Morgan fingerprint density at radius 1 is 1.25 bits per heavy atom. The smallest absolute Gasteiger partial charge is 0.410 e. The van der Waals surface area contributed by atoms with Gasteiger partial charge in [-0.05, 0) is 75.9 Å². The third-order valence-electron chi connectivity index (χ3n) is 6.49. The molecule has 0 unspecified atom stereocenters. The van der Waals surface area contributed by atoms with Gasteiger partial charge in [-0.2, -0.15) is 5.26 Å². The number of aryl methyl sites for hydroxylation is 2. The van der Waals surface area contributed by atoms with E-state index >= 15 is 0 Å². The van der Waals surface area contributed by atoms with Crippen LogP contribution in [0, 0.1) is 25.2 Å². The van der Waals surface area contributed by atoms with E-state index in [1.54, 1.807) is 22.4 Å².